The predicted molar refractivity (Wildman–Crippen MR) is 89.3 cm³/mol. The fourth-order valence-electron chi connectivity index (χ4n) is 2.28. The third-order valence-corrected chi connectivity index (χ3v) is 3.65. The molecule has 0 aromatic heterocycles. The van der Waals surface area contributed by atoms with Crippen LogP contribution < -0.4 is 15.4 Å². The number of carbonyl (C=O) groups is 1. The van der Waals surface area contributed by atoms with Crippen molar-refractivity contribution in [2.24, 2.45) is 0 Å². The van der Waals surface area contributed by atoms with Gasteiger partial charge in [-0.25, -0.2) is 0 Å². The van der Waals surface area contributed by atoms with Gasteiger partial charge in [-0.05, 0) is 19.1 Å². The molecule has 0 radical (unpaired) electrons. The molecule has 1 aromatic carbocycles. The molecule has 1 aliphatic rings. The number of morpholine rings is 1. The second kappa shape index (κ2) is 9.72. The van der Waals surface area contributed by atoms with E-state index in [1.807, 2.05) is 6.92 Å². The van der Waals surface area contributed by atoms with Crippen LogP contribution in [0.5, 0.6) is 5.75 Å². The lowest BCUT2D eigenvalue weighted by molar-refractivity contribution is -0.117. The smallest absolute Gasteiger partial charge is 0.226 e. The Labute approximate surface area is 141 Å². The van der Waals surface area contributed by atoms with E-state index in [9.17, 15) is 4.79 Å². The molecular formula is C16H23ClN2O4. The summed E-state index contributed by atoms with van der Waals surface area (Å²) in [5.41, 5.74) is 0.565. The van der Waals surface area contributed by atoms with Crippen molar-refractivity contribution in [1.82, 2.24) is 5.32 Å². The maximum absolute atomic E-state index is 12.2. The average molecular weight is 343 g/mol. The highest BCUT2D eigenvalue weighted by Gasteiger charge is 2.18. The summed E-state index contributed by atoms with van der Waals surface area (Å²) in [5, 5.41) is 6.56. The zero-order chi connectivity index (χ0) is 16.5. The summed E-state index contributed by atoms with van der Waals surface area (Å²) in [7, 11) is 0. The Balaban J connectivity index is 1.92. The van der Waals surface area contributed by atoms with Gasteiger partial charge in [0.15, 0.2) is 5.75 Å². The number of rotatable bonds is 8. The lowest BCUT2D eigenvalue weighted by Crippen LogP contribution is -2.43. The molecule has 1 aromatic rings. The zero-order valence-electron chi connectivity index (χ0n) is 13.3. The largest absolute Gasteiger partial charge is 0.487 e. The van der Waals surface area contributed by atoms with Crippen molar-refractivity contribution in [3.8, 4) is 5.75 Å². The van der Waals surface area contributed by atoms with Crippen molar-refractivity contribution in [3.05, 3.63) is 23.2 Å². The minimum atomic E-state index is -0.107. The van der Waals surface area contributed by atoms with Crippen LogP contribution in [0, 0.1) is 0 Å². The number of benzene rings is 1. The van der Waals surface area contributed by atoms with Crippen LogP contribution in [0.25, 0.3) is 0 Å². The van der Waals surface area contributed by atoms with Gasteiger partial charge in [0.25, 0.3) is 0 Å². The van der Waals surface area contributed by atoms with E-state index in [-0.39, 0.29) is 11.9 Å². The highest BCUT2D eigenvalue weighted by atomic mass is 35.5. The number of ether oxygens (including phenoxy) is 3. The number of amides is 1. The standard InChI is InChI=1S/C16H23ClN2O4/c1-2-21-8-9-23-16-13(17)4-3-5-14(16)19-15(20)10-12-11-22-7-6-18-12/h3-5,12,18H,2,6-11H2,1H3,(H,19,20). The van der Waals surface area contributed by atoms with Crippen molar-refractivity contribution in [1.29, 1.82) is 0 Å². The Morgan fingerprint density at radius 1 is 1.48 bits per heavy atom. The van der Waals surface area contributed by atoms with Gasteiger partial charge in [0, 0.05) is 25.6 Å². The molecule has 23 heavy (non-hydrogen) atoms. The third kappa shape index (κ3) is 5.99. The van der Waals surface area contributed by atoms with E-state index in [1.165, 1.54) is 0 Å². The van der Waals surface area contributed by atoms with E-state index in [1.54, 1.807) is 18.2 Å². The van der Waals surface area contributed by atoms with Crippen LogP contribution in [0.2, 0.25) is 5.02 Å². The Morgan fingerprint density at radius 3 is 3.09 bits per heavy atom. The van der Waals surface area contributed by atoms with Crippen LogP contribution >= 0.6 is 11.6 Å². The van der Waals surface area contributed by atoms with Gasteiger partial charge < -0.3 is 24.8 Å². The van der Waals surface area contributed by atoms with E-state index < -0.39 is 0 Å². The van der Waals surface area contributed by atoms with E-state index in [0.717, 1.165) is 6.54 Å². The first-order chi connectivity index (χ1) is 11.2. The molecule has 7 heteroatoms. The molecule has 0 bridgehead atoms. The van der Waals surface area contributed by atoms with Crippen molar-refractivity contribution >= 4 is 23.2 Å². The molecule has 1 aliphatic heterocycles. The van der Waals surface area contributed by atoms with Crippen molar-refractivity contribution in [2.45, 2.75) is 19.4 Å². The first-order valence-corrected chi connectivity index (χ1v) is 8.18. The average Bonchev–Trinajstić information content (AvgIpc) is 2.54. The van der Waals surface area contributed by atoms with Crippen LogP contribution in [0.1, 0.15) is 13.3 Å². The van der Waals surface area contributed by atoms with Gasteiger partial charge >= 0.3 is 0 Å². The predicted octanol–water partition coefficient (Wildman–Crippen LogP) is 2.07. The highest BCUT2D eigenvalue weighted by Crippen LogP contribution is 2.33. The summed E-state index contributed by atoms with van der Waals surface area (Å²) in [5.74, 6) is 0.361. The van der Waals surface area contributed by atoms with Gasteiger partial charge in [0.05, 0.1) is 30.5 Å². The molecule has 1 amide bonds. The zero-order valence-corrected chi connectivity index (χ0v) is 14.0. The summed E-state index contributed by atoms with van der Waals surface area (Å²) in [6, 6.07) is 5.30. The molecule has 0 spiro atoms. The van der Waals surface area contributed by atoms with Crippen LogP contribution in [0.3, 0.4) is 0 Å². The molecule has 128 valence electrons. The van der Waals surface area contributed by atoms with Crippen LogP contribution in [-0.2, 0) is 14.3 Å². The van der Waals surface area contributed by atoms with Crippen molar-refractivity contribution in [3.63, 3.8) is 0 Å². The molecule has 1 fully saturated rings. The molecule has 6 nitrogen and oxygen atoms in total. The monoisotopic (exact) mass is 342 g/mol. The fourth-order valence-corrected chi connectivity index (χ4v) is 2.51. The molecule has 1 heterocycles. The number of anilines is 1. The van der Waals surface area contributed by atoms with E-state index in [0.29, 0.717) is 55.9 Å². The maximum Gasteiger partial charge on any atom is 0.226 e. The molecule has 1 unspecified atom stereocenters. The van der Waals surface area contributed by atoms with Gasteiger partial charge in [0.2, 0.25) is 5.91 Å². The quantitative estimate of drug-likeness (QED) is 0.708. The SMILES string of the molecule is CCOCCOc1c(Cl)cccc1NC(=O)CC1COCCN1. The van der Waals surface area contributed by atoms with E-state index >= 15 is 0 Å². The lowest BCUT2D eigenvalue weighted by atomic mass is 10.2. The number of hydrogen-bond acceptors (Lipinski definition) is 5. The van der Waals surface area contributed by atoms with Gasteiger partial charge in [-0.15, -0.1) is 0 Å². The minimum Gasteiger partial charge on any atom is -0.487 e. The first kappa shape index (κ1) is 18.0. The Morgan fingerprint density at radius 2 is 2.35 bits per heavy atom. The molecule has 0 saturated carbocycles. The van der Waals surface area contributed by atoms with Crippen LogP contribution in [0.15, 0.2) is 18.2 Å². The summed E-state index contributed by atoms with van der Waals surface area (Å²) in [6.07, 6.45) is 0.338. The van der Waals surface area contributed by atoms with Gasteiger partial charge in [-0.3, -0.25) is 4.79 Å². The number of nitrogens with one attached hydrogen (secondary N) is 2. The van der Waals surface area contributed by atoms with Crippen LogP contribution in [-0.4, -0.2) is 51.5 Å². The molecule has 0 aliphatic carbocycles. The van der Waals surface area contributed by atoms with Gasteiger partial charge in [0.1, 0.15) is 6.61 Å². The van der Waals surface area contributed by atoms with Gasteiger partial charge in [-0.1, -0.05) is 17.7 Å². The van der Waals surface area contributed by atoms with Crippen LogP contribution in [0.4, 0.5) is 5.69 Å². The number of carbonyl (C=O) groups excluding carboxylic acids is 1. The van der Waals surface area contributed by atoms with Crippen molar-refractivity contribution < 1.29 is 19.0 Å². The summed E-state index contributed by atoms with van der Waals surface area (Å²) in [6.45, 7) is 5.39. The molecule has 1 saturated heterocycles. The molecule has 2 N–H and O–H groups in total. The number of para-hydroxylation sites is 1. The Kier molecular flexibility index (Phi) is 7.61. The number of hydrogen-bond donors (Lipinski definition) is 2. The second-order valence-electron chi connectivity index (χ2n) is 5.14. The number of halogens is 1. The topological polar surface area (TPSA) is 68.8 Å². The lowest BCUT2D eigenvalue weighted by Gasteiger charge is -2.23. The fraction of sp³-hybridized carbons (Fsp3) is 0.562. The third-order valence-electron chi connectivity index (χ3n) is 3.35. The Bertz CT molecular complexity index is 507. The van der Waals surface area contributed by atoms with E-state index in [2.05, 4.69) is 10.6 Å². The van der Waals surface area contributed by atoms with Crippen molar-refractivity contribution in [2.75, 3.05) is 44.9 Å². The minimum absolute atomic E-state index is 0.0326. The summed E-state index contributed by atoms with van der Waals surface area (Å²) < 4.78 is 16.2. The first-order valence-electron chi connectivity index (χ1n) is 7.80. The van der Waals surface area contributed by atoms with Gasteiger partial charge in [-0.2, -0.15) is 0 Å². The highest BCUT2D eigenvalue weighted by molar-refractivity contribution is 6.32. The maximum atomic E-state index is 12.2. The summed E-state index contributed by atoms with van der Waals surface area (Å²) in [4.78, 5) is 12.2. The second-order valence-corrected chi connectivity index (χ2v) is 5.55. The molecule has 1 atom stereocenters. The molecular weight excluding hydrogens is 320 g/mol. The molecule has 2 rings (SSSR count). The normalized spacial score (nSPS) is 17.7. The summed E-state index contributed by atoms with van der Waals surface area (Å²) >= 11 is 6.17. The van der Waals surface area contributed by atoms with E-state index in [4.69, 9.17) is 25.8 Å². The Hall–Kier alpha value is -1.34.